The van der Waals surface area contributed by atoms with E-state index in [1.807, 2.05) is 25.1 Å². The van der Waals surface area contributed by atoms with Crippen molar-refractivity contribution in [2.24, 2.45) is 0 Å². The minimum Gasteiger partial charge on any atom is -0.374 e. The van der Waals surface area contributed by atoms with Crippen molar-refractivity contribution in [2.45, 2.75) is 19.4 Å². The number of rotatable bonds is 4. The lowest BCUT2D eigenvalue weighted by atomic mass is 9.93. The van der Waals surface area contributed by atoms with Gasteiger partial charge in [0.1, 0.15) is 11.5 Å². The van der Waals surface area contributed by atoms with Gasteiger partial charge in [0, 0.05) is 25.7 Å². The number of anilines is 1. The Morgan fingerprint density at radius 3 is 2.73 bits per heavy atom. The van der Waals surface area contributed by atoms with Crippen molar-refractivity contribution < 1.29 is 14.0 Å². The van der Waals surface area contributed by atoms with Crippen molar-refractivity contribution in [1.29, 1.82) is 0 Å². The van der Waals surface area contributed by atoms with Crippen LogP contribution in [0.5, 0.6) is 0 Å². The Bertz CT molecular complexity index is 1320. The van der Waals surface area contributed by atoms with Crippen molar-refractivity contribution in [3.05, 3.63) is 74.4 Å². The number of halogens is 2. The van der Waals surface area contributed by atoms with Gasteiger partial charge in [-0.1, -0.05) is 17.7 Å². The number of aromatic amines is 1. The lowest BCUT2D eigenvalue weighted by Crippen LogP contribution is -2.41. The van der Waals surface area contributed by atoms with Crippen LogP contribution in [-0.4, -0.2) is 53.8 Å². The molecule has 2 aromatic carbocycles. The molecule has 2 N–H and O–H groups in total. The Morgan fingerprint density at radius 1 is 1.24 bits per heavy atom. The molecule has 3 aromatic rings. The highest BCUT2D eigenvalue weighted by molar-refractivity contribution is 6.30. The number of H-pyrrole nitrogens is 1. The van der Waals surface area contributed by atoms with Crippen molar-refractivity contribution in [2.75, 3.05) is 32.5 Å². The number of benzene rings is 2. The van der Waals surface area contributed by atoms with Gasteiger partial charge in [-0.3, -0.25) is 14.4 Å². The largest absolute Gasteiger partial charge is 0.374 e. The Hall–Kier alpha value is -3.39. The molecule has 4 rings (SSSR count). The van der Waals surface area contributed by atoms with E-state index in [0.29, 0.717) is 23.4 Å². The molecule has 0 spiro atoms. The van der Waals surface area contributed by atoms with Gasteiger partial charge in [0.25, 0.3) is 11.5 Å². The zero-order valence-electron chi connectivity index (χ0n) is 18.5. The van der Waals surface area contributed by atoms with Crippen LogP contribution < -0.4 is 10.9 Å². The standard InChI is InChI=1S/C24H24ClFN4O3/c1-13-17-5-4-16(25)8-14(17)6-7-30(13)22(31)12-27-20-9-15-10-21(24(33)29(2)3)28-23(32)18(15)11-19(20)26/h4-5,8-11,13,27H,6-7,12H2,1-3H3,(H,28,32)/t13-/m0/s1. The van der Waals surface area contributed by atoms with Gasteiger partial charge in [0.05, 0.1) is 23.7 Å². The smallest absolute Gasteiger partial charge is 0.269 e. The molecular formula is C24H24ClFN4O3. The van der Waals surface area contributed by atoms with Gasteiger partial charge < -0.3 is 20.1 Å². The summed E-state index contributed by atoms with van der Waals surface area (Å²) in [5.41, 5.74) is 1.81. The molecule has 0 aliphatic carbocycles. The Balaban J connectivity index is 1.54. The normalized spacial score (nSPS) is 15.3. The van der Waals surface area contributed by atoms with Crippen LogP contribution in [0.1, 0.15) is 34.6 Å². The maximum atomic E-state index is 14.7. The highest BCUT2D eigenvalue weighted by Crippen LogP contribution is 2.31. The van der Waals surface area contributed by atoms with Crippen LogP contribution in [0.4, 0.5) is 10.1 Å². The first-order valence-electron chi connectivity index (χ1n) is 10.6. The Labute approximate surface area is 195 Å². The second-order valence-corrected chi connectivity index (χ2v) is 8.78. The van der Waals surface area contributed by atoms with E-state index in [4.69, 9.17) is 11.6 Å². The summed E-state index contributed by atoms with van der Waals surface area (Å²) in [6, 6.07) is 9.59. The second-order valence-electron chi connectivity index (χ2n) is 8.34. The number of nitrogens with zero attached hydrogens (tertiary/aromatic N) is 2. The first kappa shape index (κ1) is 22.8. The van der Waals surface area contributed by atoms with Gasteiger partial charge in [-0.05, 0) is 60.2 Å². The molecule has 9 heteroatoms. The third-order valence-corrected chi connectivity index (χ3v) is 6.20. The molecule has 1 aromatic heterocycles. The molecule has 1 aliphatic rings. The first-order chi connectivity index (χ1) is 15.7. The number of amides is 2. The number of fused-ring (bicyclic) bond motifs is 2. The van der Waals surface area contributed by atoms with Crippen LogP contribution >= 0.6 is 11.6 Å². The summed E-state index contributed by atoms with van der Waals surface area (Å²) in [7, 11) is 3.14. The molecule has 2 heterocycles. The van der Waals surface area contributed by atoms with Crippen molar-refractivity contribution in [3.8, 4) is 0 Å². The summed E-state index contributed by atoms with van der Waals surface area (Å²) in [4.78, 5) is 43.1. The predicted molar refractivity (Wildman–Crippen MR) is 126 cm³/mol. The number of carbonyl (C=O) groups is 2. The van der Waals surface area contributed by atoms with E-state index >= 15 is 0 Å². The molecule has 172 valence electrons. The third kappa shape index (κ3) is 4.43. The number of hydrogen-bond acceptors (Lipinski definition) is 4. The van der Waals surface area contributed by atoms with Gasteiger partial charge in [-0.25, -0.2) is 4.39 Å². The fraction of sp³-hybridized carbons (Fsp3) is 0.292. The monoisotopic (exact) mass is 470 g/mol. The lowest BCUT2D eigenvalue weighted by molar-refractivity contribution is -0.131. The average molecular weight is 471 g/mol. The quantitative estimate of drug-likeness (QED) is 0.610. The van der Waals surface area contributed by atoms with E-state index < -0.39 is 11.4 Å². The summed E-state index contributed by atoms with van der Waals surface area (Å²) in [5, 5.41) is 4.05. The molecule has 0 radical (unpaired) electrons. The zero-order chi connectivity index (χ0) is 23.9. The number of aromatic nitrogens is 1. The molecule has 0 bridgehead atoms. The molecule has 1 aliphatic heterocycles. The van der Waals surface area contributed by atoms with E-state index in [2.05, 4.69) is 10.3 Å². The third-order valence-electron chi connectivity index (χ3n) is 5.96. The van der Waals surface area contributed by atoms with E-state index in [0.717, 1.165) is 17.2 Å². The molecule has 1 atom stereocenters. The SMILES string of the molecule is C[C@H]1c2ccc(Cl)cc2CCN1C(=O)CNc1cc2cc(C(=O)N(C)C)[nH]c(=O)c2cc1F. The fourth-order valence-corrected chi connectivity index (χ4v) is 4.39. The van der Waals surface area contributed by atoms with Crippen LogP contribution in [0.2, 0.25) is 5.02 Å². The second kappa shape index (κ2) is 8.86. The van der Waals surface area contributed by atoms with Crippen molar-refractivity contribution in [3.63, 3.8) is 0 Å². The maximum Gasteiger partial charge on any atom is 0.269 e. The number of nitrogens with one attached hydrogen (secondary N) is 2. The van der Waals surface area contributed by atoms with Gasteiger partial charge in [-0.15, -0.1) is 0 Å². The molecule has 0 saturated carbocycles. The summed E-state index contributed by atoms with van der Waals surface area (Å²) < 4.78 is 14.7. The Morgan fingerprint density at radius 2 is 2.00 bits per heavy atom. The number of hydrogen-bond donors (Lipinski definition) is 2. The van der Waals surface area contributed by atoms with Gasteiger partial charge in [0.15, 0.2) is 0 Å². The highest BCUT2D eigenvalue weighted by Gasteiger charge is 2.27. The molecular weight excluding hydrogens is 447 g/mol. The molecule has 0 fully saturated rings. The minimum atomic E-state index is -0.654. The molecule has 33 heavy (non-hydrogen) atoms. The molecule has 0 unspecified atom stereocenters. The first-order valence-corrected chi connectivity index (χ1v) is 10.9. The summed E-state index contributed by atoms with van der Waals surface area (Å²) in [6.45, 7) is 2.39. The lowest BCUT2D eigenvalue weighted by Gasteiger charge is -2.35. The Kier molecular flexibility index (Phi) is 6.12. The average Bonchev–Trinajstić information content (AvgIpc) is 2.77. The van der Waals surface area contributed by atoms with E-state index in [1.165, 1.54) is 17.0 Å². The van der Waals surface area contributed by atoms with Gasteiger partial charge in [-0.2, -0.15) is 0 Å². The number of carbonyl (C=O) groups excluding carboxylic acids is 2. The van der Waals surface area contributed by atoms with Crippen molar-refractivity contribution >= 4 is 39.9 Å². The summed E-state index contributed by atoms with van der Waals surface area (Å²) in [5.74, 6) is -1.19. The van der Waals surface area contributed by atoms with E-state index in [1.54, 1.807) is 19.0 Å². The van der Waals surface area contributed by atoms with Crippen LogP contribution in [-0.2, 0) is 11.2 Å². The highest BCUT2D eigenvalue weighted by atomic mass is 35.5. The minimum absolute atomic E-state index is 0.0848. The molecule has 7 nitrogen and oxygen atoms in total. The van der Waals surface area contributed by atoms with Gasteiger partial charge in [0.2, 0.25) is 5.91 Å². The predicted octanol–water partition coefficient (Wildman–Crippen LogP) is 3.58. The van der Waals surface area contributed by atoms with Crippen molar-refractivity contribution in [1.82, 2.24) is 14.8 Å². The van der Waals surface area contributed by atoms with E-state index in [9.17, 15) is 18.8 Å². The molecule has 0 saturated heterocycles. The topological polar surface area (TPSA) is 85.5 Å². The maximum absolute atomic E-state index is 14.7. The number of pyridine rings is 1. The van der Waals surface area contributed by atoms with Crippen LogP contribution in [0.25, 0.3) is 10.8 Å². The summed E-state index contributed by atoms with van der Waals surface area (Å²) in [6.07, 6.45) is 0.696. The van der Waals surface area contributed by atoms with Crippen LogP contribution in [0.15, 0.2) is 41.2 Å². The van der Waals surface area contributed by atoms with Gasteiger partial charge >= 0.3 is 0 Å². The zero-order valence-corrected chi connectivity index (χ0v) is 19.3. The molecule has 2 amide bonds. The summed E-state index contributed by atoms with van der Waals surface area (Å²) >= 11 is 6.08. The fourth-order valence-electron chi connectivity index (χ4n) is 4.19. The van der Waals surface area contributed by atoms with Crippen LogP contribution in [0, 0.1) is 5.82 Å². The van der Waals surface area contributed by atoms with E-state index in [-0.39, 0.29) is 41.2 Å². The van der Waals surface area contributed by atoms with Crippen LogP contribution in [0.3, 0.4) is 0 Å².